The predicted octanol–water partition coefficient (Wildman–Crippen LogP) is 4.95. The van der Waals surface area contributed by atoms with Crippen molar-refractivity contribution in [3.8, 4) is 0 Å². The van der Waals surface area contributed by atoms with Gasteiger partial charge in [0.15, 0.2) is 8.32 Å². The molecule has 2 atom stereocenters. The molecular weight excluding hydrogens is 318 g/mol. The summed E-state index contributed by atoms with van der Waals surface area (Å²) in [5, 5.41) is 1.30. The summed E-state index contributed by atoms with van der Waals surface area (Å²) in [7, 11) is 1.33. The first-order chi connectivity index (χ1) is 11.2. The Kier molecular flexibility index (Phi) is 10.4. The van der Waals surface area contributed by atoms with E-state index < -0.39 is 8.32 Å². The van der Waals surface area contributed by atoms with Gasteiger partial charge in [-0.1, -0.05) is 45.4 Å². The molecule has 0 aromatic heterocycles. The van der Waals surface area contributed by atoms with Crippen LogP contribution in [-0.4, -0.2) is 39.5 Å². The minimum atomic E-state index is -1.83. The Morgan fingerprint density at radius 2 is 1.67 bits per heavy atom. The number of rotatable bonds is 10. The van der Waals surface area contributed by atoms with Crippen molar-refractivity contribution in [2.45, 2.75) is 72.7 Å². The van der Waals surface area contributed by atoms with Gasteiger partial charge < -0.3 is 4.43 Å². The van der Waals surface area contributed by atoms with Gasteiger partial charge in [-0.25, -0.2) is 5.06 Å². The zero-order valence-electron chi connectivity index (χ0n) is 17.1. The van der Waals surface area contributed by atoms with Crippen LogP contribution < -0.4 is 0 Å². The van der Waals surface area contributed by atoms with E-state index in [0.29, 0.717) is 0 Å². The molecule has 0 aromatic rings. The Hall–Kier alpha value is -0.913. The minimum absolute atomic E-state index is 0.0559. The van der Waals surface area contributed by atoms with Crippen LogP contribution in [0, 0.1) is 5.92 Å². The van der Waals surface area contributed by atoms with Crippen LogP contribution in [-0.2, 0) is 14.1 Å². The monoisotopic (exact) mass is 355 g/mol. The first-order valence-electron chi connectivity index (χ1n) is 9.02. The molecule has 4 nitrogen and oxygen atoms in total. The van der Waals surface area contributed by atoms with Crippen LogP contribution in [0.2, 0.25) is 18.1 Å². The normalized spacial score (nSPS) is 16.0. The second-order valence-corrected chi connectivity index (χ2v) is 11.2. The van der Waals surface area contributed by atoms with E-state index in [2.05, 4.69) is 46.8 Å². The van der Waals surface area contributed by atoms with Crippen LogP contribution in [0.5, 0.6) is 0 Å². The number of carbonyl (C=O) groups excluding carboxylic acids is 1. The zero-order chi connectivity index (χ0) is 18.9. The Labute approximate surface area is 150 Å². The zero-order valence-corrected chi connectivity index (χ0v) is 18.1. The van der Waals surface area contributed by atoms with Crippen LogP contribution in [0.15, 0.2) is 23.3 Å². The van der Waals surface area contributed by atoms with Crippen LogP contribution in [0.25, 0.3) is 0 Å². The van der Waals surface area contributed by atoms with Crippen molar-refractivity contribution >= 4 is 14.2 Å². The first-order valence-corrected chi connectivity index (χ1v) is 11.5. The van der Waals surface area contributed by atoms with Crippen LogP contribution in [0.1, 0.15) is 48.5 Å². The summed E-state index contributed by atoms with van der Waals surface area (Å²) in [4.78, 5) is 17.7. The topological polar surface area (TPSA) is 38.8 Å². The molecule has 0 saturated heterocycles. The maximum absolute atomic E-state index is 12.6. The summed E-state index contributed by atoms with van der Waals surface area (Å²) in [6, 6.07) is 3.19. The molecule has 0 aliphatic rings. The van der Waals surface area contributed by atoms with Gasteiger partial charge in [0.05, 0.1) is 19.1 Å². The van der Waals surface area contributed by atoms with Gasteiger partial charge in [0.2, 0.25) is 0 Å². The van der Waals surface area contributed by atoms with E-state index in [4.69, 9.17) is 9.26 Å². The van der Waals surface area contributed by atoms with Crippen molar-refractivity contribution < 1.29 is 14.1 Å². The van der Waals surface area contributed by atoms with Gasteiger partial charge in [-0.05, 0) is 44.5 Å². The Morgan fingerprint density at radius 1 is 1.17 bits per heavy atom. The summed E-state index contributed by atoms with van der Waals surface area (Å²) in [5.41, 5.74) is 2.28. The second kappa shape index (κ2) is 10.8. The lowest BCUT2D eigenvalue weighted by Crippen LogP contribution is -2.46. The maximum Gasteiger partial charge on any atom is 0.251 e. The Balaban J connectivity index is 5.76. The SMILES string of the molecule is C/C=C(C)/C=C(\C)[C@@H](O[Si](CC)(CC)CC)[C@@H](C)C(=O)N(C)OC. The second-order valence-electron chi connectivity index (χ2n) is 6.51. The highest BCUT2D eigenvalue weighted by atomic mass is 28.4. The van der Waals surface area contributed by atoms with Gasteiger partial charge >= 0.3 is 0 Å². The van der Waals surface area contributed by atoms with E-state index in [0.717, 1.165) is 23.7 Å². The fraction of sp³-hybridized carbons (Fsp3) is 0.737. The van der Waals surface area contributed by atoms with E-state index in [1.165, 1.54) is 17.7 Å². The highest BCUT2D eigenvalue weighted by Gasteiger charge is 2.37. The van der Waals surface area contributed by atoms with Crippen LogP contribution in [0.4, 0.5) is 0 Å². The highest BCUT2D eigenvalue weighted by molar-refractivity contribution is 6.73. The largest absolute Gasteiger partial charge is 0.409 e. The Morgan fingerprint density at radius 3 is 2.04 bits per heavy atom. The number of allylic oxidation sites excluding steroid dienone is 3. The number of hydrogen-bond donors (Lipinski definition) is 0. The van der Waals surface area contributed by atoms with Crippen molar-refractivity contribution in [2.24, 2.45) is 5.92 Å². The molecule has 0 fully saturated rings. The van der Waals surface area contributed by atoms with E-state index >= 15 is 0 Å². The van der Waals surface area contributed by atoms with E-state index in [1.54, 1.807) is 7.05 Å². The van der Waals surface area contributed by atoms with Crippen LogP contribution in [0.3, 0.4) is 0 Å². The van der Waals surface area contributed by atoms with Crippen molar-refractivity contribution in [3.63, 3.8) is 0 Å². The van der Waals surface area contributed by atoms with Gasteiger partial charge in [0.1, 0.15) is 0 Å². The molecule has 0 aliphatic carbocycles. The number of hydroxylamine groups is 2. The van der Waals surface area contributed by atoms with Gasteiger partial charge in [-0.15, -0.1) is 0 Å². The van der Waals surface area contributed by atoms with Gasteiger partial charge in [-0.2, -0.15) is 0 Å². The molecule has 0 unspecified atom stereocenters. The van der Waals surface area contributed by atoms with E-state index in [9.17, 15) is 4.79 Å². The fourth-order valence-electron chi connectivity index (χ4n) is 2.89. The summed E-state index contributed by atoms with van der Waals surface area (Å²) >= 11 is 0. The molecular formula is C19H37NO3Si. The number of nitrogens with zero attached hydrogens (tertiary/aromatic N) is 1. The van der Waals surface area contributed by atoms with Crippen molar-refractivity contribution in [2.75, 3.05) is 14.2 Å². The lowest BCUT2D eigenvalue weighted by molar-refractivity contribution is -0.175. The third-order valence-electron chi connectivity index (χ3n) is 5.10. The van der Waals surface area contributed by atoms with Crippen molar-refractivity contribution in [1.29, 1.82) is 0 Å². The number of hydrogen-bond acceptors (Lipinski definition) is 3. The molecule has 140 valence electrons. The molecule has 1 amide bonds. The van der Waals surface area contributed by atoms with Gasteiger partial charge in [0, 0.05) is 7.05 Å². The van der Waals surface area contributed by atoms with E-state index in [1.807, 2.05) is 13.8 Å². The highest BCUT2D eigenvalue weighted by Crippen LogP contribution is 2.30. The minimum Gasteiger partial charge on any atom is -0.409 e. The van der Waals surface area contributed by atoms with Gasteiger partial charge in [0.25, 0.3) is 5.91 Å². The predicted molar refractivity (Wildman–Crippen MR) is 104 cm³/mol. The van der Waals surface area contributed by atoms with Crippen LogP contribution >= 0.6 is 0 Å². The molecule has 0 radical (unpaired) electrons. The quantitative estimate of drug-likeness (QED) is 0.316. The molecule has 0 heterocycles. The number of amides is 1. The summed E-state index contributed by atoms with van der Waals surface area (Å²) in [6.07, 6.45) is 3.98. The molecule has 0 aromatic carbocycles. The first kappa shape index (κ1) is 23.1. The van der Waals surface area contributed by atoms with Crippen molar-refractivity contribution in [3.05, 3.63) is 23.3 Å². The lowest BCUT2D eigenvalue weighted by Gasteiger charge is -2.37. The summed E-state index contributed by atoms with van der Waals surface area (Å²) < 4.78 is 6.71. The molecule has 0 spiro atoms. The van der Waals surface area contributed by atoms with E-state index in [-0.39, 0.29) is 17.9 Å². The van der Waals surface area contributed by atoms with Gasteiger partial charge in [-0.3, -0.25) is 9.63 Å². The molecule has 0 rings (SSSR count). The average molecular weight is 356 g/mol. The number of carbonyl (C=O) groups is 1. The summed E-state index contributed by atoms with van der Waals surface area (Å²) in [5.74, 6) is -0.341. The summed E-state index contributed by atoms with van der Waals surface area (Å²) in [6.45, 7) is 14.7. The third-order valence-corrected chi connectivity index (χ3v) is 9.72. The third kappa shape index (κ3) is 6.19. The fourth-order valence-corrected chi connectivity index (χ4v) is 5.82. The Bertz CT molecular complexity index is 447. The standard InChI is InChI=1S/C19H37NO3Si/c1-10-15(5)14-16(6)18(17(7)19(21)20(8)22-9)23-24(11-2,12-3)13-4/h10,14,17-18H,11-13H2,1-9H3/b15-10+,16-14+/t17-,18-/m1/s1. The molecule has 0 bridgehead atoms. The molecule has 24 heavy (non-hydrogen) atoms. The maximum atomic E-state index is 12.6. The molecule has 0 N–H and O–H groups in total. The average Bonchev–Trinajstić information content (AvgIpc) is 2.61. The molecule has 0 aliphatic heterocycles. The molecule has 5 heteroatoms. The lowest BCUT2D eigenvalue weighted by atomic mass is 9.96. The van der Waals surface area contributed by atoms with Crippen molar-refractivity contribution in [1.82, 2.24) is 5.06 Å². The molecule has 0 saturated carbocycles. The smallest absolute Gasteiger partial charge is 0.251 e.